The number of hydrogen-bond acceptors (Lipinski definition) is 4. The van der Waals surface area contributed by atoms with Gasteiger partial charge in [0, 0.05) is 12.6 Å². The molecule has 1 atom stereocenters. The number of rotatable bonds is 5. The summed E-state index contributed by atoms with van der Waals surface area (Å²) in [4.78, 5) is 3.54. The van der Waals surface area contributed by atoms with Crippen LogP contribution in [-0.2, 0) is 0 Å². The van der Waals surface area contributed by atoms with Crippen molar-refractivity contribution in [1.82, 2.24) is 20.1 Å². The molecule has 0 fully saturated rings. The highest BCUT2D eigenvalue weighted by atomic mass is 35.5. The molecule has 0 radical (unpaired) electrons. The zero-order valence-corrected chi connectivity index (χ0v) is 11.5. The number of likely N-dealkylation sites (N-methyl/N-ethyl adjacent to an activating group) is 1. The fourth-order valence-corrected chi connectivity index (χ4v) is 2.04. The predicted molar refractivity (Wildman–Crippen MR) is 72.2 cm³/mol. The highest BCUT2D eigenvalue weighted by Crippen LogP contribution is 2.27. The van der Waals surface area contributed by atoms with Gasteiger partial charge in [0.2, 0.25) is 0 Å². The van der Waals surface area contributed by atoms with E-state index < -0.39 is 12.2 Å². The topological polar surface area (TPSA) is 68.8 Å². The molecule has 0 aliphatic carbocycles. The summed E-state index contributed by atoms with van der Waals surface area (Å²) in [6, 6.07) is 4.74. The number of alkyl halides is 2. The van der Waals surface area contributed by atoms with Crippen LogP contribution in [0.3, 0.4) is 0 Å². The molecule has 8 heteroatoms. The molecule has 0 saturated carbocycles. The van der Waals surface area contributed by atoms with E-state index in [-0.39, 0.29) is 6.04 Å². The van der Waals surface area contributed by atoms with Gasteiger partial charge in [-0.1, -0.05) is 17.7 Å². The maximum Gasteiger partial charge on any atom is 0.297 e. The lowest BCUT2D eigenvalue weighted by molar-refractivity contribution is 0.137. The first kappa shape index (κ1) is 14.8. The van der Waals surface area contributed by atoms with E-state index in [1.165, 1.54) is 0 Å². The van der Waals surface area contributed by atoms with Gasteiger partial charge in [-0.15, -0.1) is 0 Å². The van der Waals surface area contributed by atoms with E-state index in [9.17, 15) is 8.78 Å². The Morgan fingerprint density at radius 2 is 2.20 bits per heavy atom. The van der Waals surface area contributed by atoms with Crippen molar-refractivity contribution in [2.45, 2.75) is 12.5 Å². The van der Waals surface area contributed by atoms with Crippen LogP contribution < -0.4 is 11.1 Å². The Morgan fingerprint density at radius 1 is 1.45 bits per heavy atom. The van der Waals surface area contributed by atoms with Gasteiger partial charge in [0.15, 0.2) is 5.82 Å². The molecule has 20 heavy (non-hydrogen) atoms. The first-order valence-corrected chi connectivity index (χ1v) is 6.30. The molecule has 5 nitrogen and oxygen atoms in total. The monoisotopic (exact) mass is 301 g/mol. The van der Waals surface area contributed by atoms with Crippen molar-refractivity contribution in [2.24, 2.45) is 5.73 Å². The third-order valence-corrected chi connectivity index (χ3v) is 3.14. The van der Waals surface area contributed by atoms with Gasteiger partial charge in [-0.05, 0) is 24.7 Å². The Labute approximate surface area is 119 Å². The van der Waals surface area contributed by atoms with Crippen molar-refractivity contribution in [3.05, 3.63) is 40.9 Å². The molecule has 3 N–H and O–H groups in total. The Morgan fingerprint density at radius 3 is 2.85 bits per heavy atom. The van der Waals surface area contributed by atoms with Gasteiger partial charge in [0.1, 0.15) is 6.33 Å². The van der Waals surface area contributed by atoms with Gasteiger partial charge in [-0.25, -0.2) is 18.4 Å². The Bertz CT molecular complexity index is 587. The van der Waals surface area contributed by atoms with Crippen LogP contribution in [0.15, 0.2) is 24.5 Å². The summed E-state index contributed by atoms with van der Waals surface area (Å²) in [7, 11) is 1.78. The van der Waals surface area contributed by atoms with Crippen LogP contribution in [0.4, 0.5) is 8.78 Å². The molecule has 1 aromatic carbocycles. The smallest absolute Gasteiger partial charge is 0.297 e. The maximum atomic E-state index is 12.9. The third-order valence-electron chi connectivity index (χ3n) is 2.82. The lowest BCUT2D eigenvalue weighted by atomic mass is 10.1. The van der Waals surface area contributed by atoms with Gasteiger partial charge >= 0.3 is 0 Å². The van der Waals surface area contributed by atoms with E-state index in [1.54, 1.807) is 25.2 Å². The summed E-state index contributed by atoms with van der Waals surface area (Å²) in [5.74, 6) is -0.453. The Kier molecular flexibility index (Phi) is 4.64. The minimum atomic E-state index is -2.73. The fraction of sp³-hybridized carbons (Fsp3) is 0.333. The van der Waals surface area contributed by atoms with Crippen LogP contribution in [0.1, 0.15) is 23.9 Å². The van der Waals surface area contributed by atoms with E-state index in [4.69, 9.17) is 17.3 Å². The van der Waals surface area contributed by atoms with Gasteiger partial charge in [0.25, 0.3) is 6.43 Å². The van der Waals surface area contributed by atoms with Gasteiger partial charge in [0.05, 0.1) is 10.7 Å². The van der Waals surface area contributed by atoms with Crippen LogP contribution in [0, 0.1) is 0 Å². The van der Waals surface area contributed by atoms with Crippen LogP contribution in [-0.4, -0.2) is 28.4 Å². The van der Waals surface area contributed by atoms with Gasteiger partial charge < -0.3 is 11.1 Å². The van der Waals surface area contributed by atoms with Crippen molar-refractivity contribution in [3.63, 3.8) is 0 Å². The van der Waals surface area contributed by atoms with Crippen LogP contribution in [0.25, 0.3) is 5.69 Å². The largest absolute Gasteiger partial charge is 0.323 e. The van der Waals surface area contributed by atoms with Crippen LogP contribution in [0.2, 0.25) is 5.02 Å². The molecule has 2 rings (SSSR count). The van der Waals surface area contributed by atoms with Crippen molar-refractivity contribution >= 4 is 11.6 Å². The molecular weight excluding hydrogens is 288 g/mol. The van der Waals surface area contributed by atoms with Gasteiger partial charge in [-0.2, -0.15) is 5.10 Å². The summed E-state index contributed by atoms with van der Waals surface area (Å²) in [6.07, 6.45) is -1.67. The van der Waals surface area contributed by atoms with E-state index in [0.29, 0.717) is 17.3 Å². The zero-order valence-electron chi connectivity index (χ0n) is 10.7. The number of nitrogens with one attached hydrogen (secondary N) is 1. The minimum Gasteiger partial charge on any atom is -0.323 e. The van der Waals surface area contributed by atoms with E-state index in [1.807, 2.05) is 0 Å². The molecule has 108 valence electrons. The number of benzene rings is 1. The summed E-state index contributed by atoms with van der Waals surface area (Å²) >= 11 is 6.06. The fourth-order valence-electron chi connectivity index (χ4n) is 1.85. The lowest BCUT2D eigenvalue weighted by Crippen LogP contribution is -2.24. The molecule has 0 aliphatic rings. The standard InChI is InChI=1S/C12H14ClF2N5/c1-17-5-9(16)7-2-3-8(13)10(4-7)20-12(11(14)15)18-6-19-20/h2-4,6,9,11,17H,5,16H2,1H3. The van der Waals surface area contributed by atoms with E-state index in [0.717, 1.165) is 16.6 Å². The first-order valence-electron chi connectivity index (χ1n) is 5.92. The second-order valence-electron chi connectivity index (χ2n) is 4.21. The molecule has 1 heterocycles. The molecule has 1 unspecified atom stereocenters. The Hall–Kier alpha value is -1.57. The number of halogens is 3. The quantitative estimate of drug-likeness (QED) is 0.887. The summed E-state index contributed by atoms with van der Waals surface area (Å²) < 4.78 is 26.7. The number of nitrogens with two attached hydrogens (primary N) is 1. The third kappa shape index (κ3) is 2.95. The molecule has 0 amide bonds. The second kappa shape index (κ2) is 6.25. The van der Waals surface area contributed by atoms with Crippen LogP contribution >= 0.6 is 11.6 Å². The average molecular weight is 302 g/mol. The summed E-state index contributed by atoms with van der Waals surface area (Å²) in [5.41, 5.74) is 7.09. The van der Waals surface area contributed by atoms with Crippen molar-refractivity contribution in [2.75, 3.05) is 13.6 Å². The second-order valence-corrected chi connectivity index (χ2v) is 4.61. The van der Waals surface area contributed by atoms with E-state index in [2.05, 4.69) is 15.4 Å². The molecule has 2 aromatic rings. The molecule has 1 aromatic heterocycles. The Balaban J connectivity index is 2.45. The van der Waals surface area contributed by atoms with Crippen LogP contribution in [0.5, 0.6) is 0 Å². The zero-order chi connectivity index (χ0) is 14.7. The first-order chi connectivity index (χ1) is 9.54. The number of hydrogen-bond donors (Lipinski definition) is 2. The van der Waals surface area contributed by atoms with E-state index >= 15 is 0 Å². The summed E-state index contributed by atoms with van der Waals surface area (Å²) in [6.45, 7) is 0.556. The molecular formula is C12H14ClF2N5. The maximum absolute atomic E-state index is 12.9. The highest BCUT2D eigenvalue weighted by Gasteiger charge is 2.19. The SMILES string of the molecule is CNCC(N)c1ccc(Cl)c(-n2ncnc2C(F)F)c1. The van der Waals surface area contributed by atoms with Crippen molar-refractivity contribution in [3.8, 4) is 5.69 Å². The number of nitrogens with zero attached hydrogens (tertiary/aromatic N) is 3. The highest BCUT2D eigenvalue weighted by molar-refractivity contribution is 6.32. The molecule has 0 spiro atoms. The van der Waals surface area contributed by atoms with Gasteiger partial charge in [-0.3, -0.25) is 0 Å². The summed E-state index contributed by atoms with van der Waals surface area (Å²) in [5, 5.41) is 7.05. The van der Waals surface area contributed by atoms with Crippen molar-refractivity contribution in [1.29, 1.82) is 0 Å². The number of aromatic nitrogens is 3. The normalized spacial score (nSPS) is 12.9. The molecule has 0 bridgehead atoms. The average Bonchev–Trinajstić information content (AvgIpc) is 2.88. The minimum absolute atomic E-state index is 0.269. The van der Waals surface area contributed by atoms with Crippen molar-refractivity contribution < 1.29 is 8.78 Å². The predicted octanol–water partition coefficient (Wildman–Crippen LogP) is 2.08. The molecule has 0 saturated heterocycles. The lowest BCUT2D eigenvalue weighted by Gasteiger charge is -2.14. The molecule has 0 aliphatic heterocycles.